The molecule has 1 rings (SSSR count). The molecule has 0 bridgehead atoms. The van der Waals surface area contributed by atoms with E-state index in [2.05, 4.69) is 5.32 Å². The molecule has 0 unspecified atom stereocenters. The van der Waals surface area contributed by atoms with Gasteiger partial charge in [-0.25, -0.2) is 0 Å². The summed E-state index contributed by atoms with van der Waals surface area (Å²) in [6.07, 6.45) is 0. The summed E-state index contributed by atoms with van der Waals surface area (Å²) in [6.45, 7) is -0.741. The summed E-state index contributed by atoms with van der Waals surface area (Å²) < 4.78 is 0. The molecule has 1 aromatic carbocycles. The second-order valence-corrected chi connectivity index (χ2v) is 3.31. The molecule has 0 radical (unpaired) electrons. The van der Waals surface area contributed by atoms with Gasteiger partial charge in [0.25, 0.3) is 5.69 Å². The molecular weight excluding hydrogens is 226 g/mol. The number of nitrogens with one attached hydrogen (secondary N) is 1. The third kappa shape index (κ3) is 3.14. The van der Waals surface area contributed by atoms with Crippen LogP contribution in [0.2, 0.25) is 0 Å². The predicted molar refractivity (Wildman–Crippen MR) is 59.4 cm³/mol. The first-order valence-electron chi connectivity index (χ1n) is 4.79. The van der Waals surface area contributed by atoms with Crippen LogP contribution in [0.25, 0.3) is 0 Å². The molecule has 7 heteroatoms. The van der Waals surface area contributed by atoms with Gasteiger partial charge in [-0.15, -0.1) is 0 Å². The van der Waals surface area contributed by atoms with E-state index in [1.54, 1.807) is 0 Å². The van der Waals surface area contributed by atoms with E-state index in [9.17, 15) is 10.1 Å². The smallest absolute Gasteiger partial charge is 0.292 e. The molecule has 0 aromatic heterocycles. The lowest BCUT2D eigenvalue weighted by Gasteiger charge is -2.14. The molecule has 0 fully saturated rings. The Bertz CT molecular complexity index is 451. The van der Waals surface area contributed by atoms with E-state index >= 15 is 0 Å². The van der Waals surface area contributed by atoms with Crippen molar-refractivity contribution in [3.8, 4) is 6.07 Å². The van der Waals surface area contributed by atoms with E-state index in [4.69, 9.17) is 15.5 Å². The highest BCUT2D eigenvalue weighted by atomic mass is 16.6. The molecule has 0 spiro atoms. The van der Waals surface area contributed by atoms with Crippen LogP contribution >= 0.6 is 0 Å². The Hall–Kier alpha value is -2.17. The summed E-state index contributed by atoms with van der Waals surface area (Å²) >= 11 is 0. The number of benzene rings is 1. The van der Waals surface area contributed by atoms with Gasteiger partial charge in [0.05, 0.1) is 35.8 Å². The van der Waals surface area contributed by atoms with Gasteiger partial charge >= 0.3 is 0 Å². The van der Waals surface area contributed by atoms with Gasteiger partial charge in [-0.3, -0.25) is 10.1 Å². The van der Waals surface area contributed by atoms with Gasteiger partial charge in [0.15, 0.2) is 0 Å². The average Bonchev–Trinajstić information content (AvgIpc) is 2.35. The van der Waals surface area contributed by atoms with Gasteiger partial charge in [-0.1, -0.05) is 0 Å². The fraction of sp³-hybridized carbons (Fsp3) is 0.300. The number of nitro groups is 1. The second kappa shape index (κ2) is 5.79. The maximum atomic E-state index is 10.7. The molecule has 90 valence electrons. The molecule has 0 saturated heterocycles. The minimum Gasteiger partial charge on any atom is -0.394 e. The fourth-order valence-corrected chi connectivity index (χ4v) is 1.25. The van der Waals surface area contributed by atoms with E-state index in [-0.39, 0.29) is 30.2 Å². The monoisotopic (exact) mass is 237 g/mol. The summed E-state index contributed by atoms with van der Waals surface area (Å²) in [4.78, 5) is 10.1. The Morgan fingerprint density at radius 2 is 2.12 bits per heavy atom. The van der Waals surface area contributed by atoms with Crippen molar-refractivity contribution in [1.82, 2.24) is 0 Å². The van der Waals surface area contributed by atoms with Crippen LogP contribution in [0.15, 0.2) is 18.2 Å². The summed E-state index contributed by atoms with van der Waals surface area (Å²) in [5, 5.41) is 39.8. The molecule has 0 saturated carbocycles. The molecule has 0 aliphatic heterocycles. The van der Waals surface area contributed by atoms with E-state index < -0.39 is 11.0 Å². The Balaban J connectivity index is 3.09. The van der Waals surface area contributed by atoms with E-state index in [1.165, 1.54) is 18.2 Å². The molecule has 0 heterocycles. The maximum Gasteiger partial charge on any atom is 0.292 e. The lowest BCUT2D eigenvalue weighted by molar-refractivity contribution is -0.384. The molecule has 0 aliphatic carbocycles. The van der Waals surface area contributed by atoms with Crippen molar-refractivity contribution in [2.45, 2.75) is 6.04 Å². The van der Waals surface area contributed by atoms with Crippen LogP contribution in [0.5, 0.6) is 0 Å². The van der Waals surface area contributed by atoms with Gasteiger partial charge in [0.1, 0.15) is 5.69 Å². The van der Waals surface area contributed by atoms with Crippen molar-refractivity contribution in [3.05, 3.63) is 33.9 Å². The second-order valence-electron chi connectivity index (χ2n) is 3.31. The van der Waals surface area contributed by atoms with Crippen LogP contribution in [-0.4, -0.2) is 34.4 Å². The Labute approximate surface area is 97.1 Å². The third-order valence-corrected chi connectivity index (χ3v) is 2.12. The Morgan fingerprint density at radius 3 is 2.59 bits per heavy atom. The number of nitro benzene ring substituents is 1. The zero-order valence-corrected chi connectivity index (χ0v) is 8.83. The van der Waals surface area contributed by atoms with Crippen LogP contribution in [0, 0.1) is 21.4 Å². The average molecular weight is 237 g/mol. The summed E-state index contributed by atoms with van der Waals surface area (Å²) in [7, 11) is 0. The van der Waals surface area contributed by atoms with Crippen molar-refractivity contribution in [1.29, 1.82) is 5.26 Å². The van der Waals surface area contributed by atoms with Gasteiger partial charge in [0, 0.05) is 6.07 Å². The minimum atomic E-state index is -0.706. The topological polar surface area (TPSA) is 119 Å². The number of aliphatic hydroxyl groups excluding tert-OH is 2. The van der Waals surface area contributed by atoms with Gasteiger partial charge < -0.3 is 15.5 Å². The van der Waals surface area contributed by atoms with Crippen LogP contribution in [0.3, 0.4) is 0 Å². The number of nitrogens with zero attached hydrogens (tertiary/aromatic N) is 2. The van der Waals surface area contributed by atoms with Crippen molar-refractivity contribution < 1.29 is 15.1 Å². The summed E-state index contributed by atoms with van der Waals surface area (Å²) in [5.41, 5.74) is 0.144. The first-order chi connectivity index (χ1) is 8.12. The van der Waals surface area contributed by atoms with E-state index in [1.807, 2.05) is 6.07 Å². The van der Waals surface area contributed by atoms with Crippen molar-refractivity contribution in [2.75, 3.05) is 18.5 Å². The first-order valence-corrected chi connectivity index (χ1v) is 4.79. The zero-order chi connectivity index (χ0) is 12.8. The largest absolute Gasteiger partial charge is 0.394 e. The Morgan fingerprint density at radius 1 is 1.47 bits per heavy atom. The minimum absolute atomic E-state index is 0.0992. The van der Waals surface area contributed by atoms with Crippen LogP contribution in [0.4, 0.5) is 11.4 Å². The number of aliphatic hydroxyl groups is 2. The van der Waals surface area contributed by atoms with Crippen molar-refractivity contribution in [2.24, 2.45) is 0 Å². The van der Waals surface area contributed by atoms with Crippen LogP contribution in [0.1, 0.15) is 5.56 Å². The third-order valence-electron chi connectivity index (χ3n) is 2.12. The van der Waals surface area contributed by atoms with Crippen molar-refractivity contribution >= 4 is 11.4 Å². The quantitative estimate of drug-likeness (QED) is 0.498. The van der Waals surface area contributed by atoms with E-state index in [0.29, 0.717) is 0 Å². The van der Waals surface area contributed by atoms with Crippen molar-refractivity contribution in [3.63, 3.8) is 0 Å². The maximum absolute atomic E-state index is 10.7. The van der Waals surface area contributed by atoms with Crippen LogP contribution < -0.4 is 5.32 Å². The zero-order valence-electron chi connectivity index (χ0n) is 8.83. The van der Waals surface area contributed by atoms with Crippen LogP contribution in [-0.2, 0) is 0 Å². The molecule has 0 amide bonds. The SMILES string of the molecule is N#Cc1ccc([N+](=O)[O-])c(NC(CO)CO)c1. The molecule has 7 nitrogen and oxygen atoms in total. The summed E-state index contributed by atoms with van der Waals surface area (Å²) in [5.74, 6) is 0. The molecule has 3 N–H and O–H groups in total. The normalized spacial score (nSPS) is 10.0. The Kier molecular flexibility index (Phi) is 4.39. The van der Waals surface area contributed by atoms with Gasteiger partial charge in [-0.05, 0) is 12.1 Å². The number of nitriles is 1. The number of hydrogen-bond donors (Lipinski definition) is 3. The fourth-order valence-electron chi connectivity index (χ4n) is 1.25. The molecule has 0 aliphatic rings. The lowest BCUT2D eigenvalue weighted by Crippen LogP contribution is -2.28. The molecule has 17 heavy (non-hydrogen) atoms. The predicted octanol–water partition coefficient (Wildman–Crippen LogP) is 0.232. The standard InChI is InChI=1S/C10H11N3O4/c11-4-7-1-2-10(13(16)17)9(3-7)12-8(5-14)6-15/h1-3,8,12,14-15H,5-6H2. The highest BCUT2D eigenvalue weighted by molar-refractivity contribution is 5.64. The van der Waals surface area contributed by atoms with Gasteiger partial charge in [0.2, 0.25) is 0 Å². The molecule has 1 aromatic rings. The number of hydrogen-bond acceptors (Lipinski definition) is 6. The van der Waals surface area contributed by atoms with Gasteiger partial charge in [-0.2, -0.15) is 5.26 Å². The van der Waals surface area contributed by atoms with E-state index in [0.717, 1.165) is 0 Å². The molecular formula is C10H11N3O4. The summed E-state index contributed by atoms with van der Waals surface area (Å²) in [6, 6.07) is 4.98. The lowest BCUT2D eigenvalue weighted by atomic mass is 10.1. The first kappa shape index (κ1) is 12.9. The number of rotatable bonds is 5. The molecule has 0 atom stereocenters. The highest BCUT2D eigenvalue weighted by Gasteiger charge is 2.17. The highest BCUT2D eigenvalue weighted by Crippen LogP contribution is 2.25. The number of anilines is 1.